The Hall–Kier alpha value is -1.03. The van der Waals surface area contributed by atoms with E-state index in [0.29, 0.717) is 6.54 Å². The molecule has 0 saturated carbocycles. The predicted octanol–water partition coefficient (Wildman–Crippen LogP) is -0.0503. The quantitative estimate of drug-likeness (QED) is 0.652. The molecular weight excluding hydrogens is 154 g/mol. The molecule has 4 heteroatoms. The van der Waals surface area contributed by atoms with Crippen molar-refractivity contribution in [2.24, 2.45) is 12.8 Å². The molecule has 0 aliphatic carbocycles. The summed E-state index contributed by atoms with van der Waals surface area (Å²) in [6.07, 6.45) is 0. The van der Waals surface area contributed by atoms with E-state index >= 15 is 0 Å². The fourth-order valence-electron chi connectivity index (χ4n) is 1.23. The van der Waals surface area contributed by atoms with Gasteiger partial charge in [-0.2, -0.15) is 0 Å². The SMILES string of the molecule is Cn1[nH]c(=O)cc1C(C)(C)CN. The summed E-state index contributed by atoms with van der Waals surface area (Å²) in [7, 11) is 1.81. The largest absolute Gasteiger partial charge is 0.330 e. The van der Waals surface area contributed by atoms with Crippen LogP contribution in [0.5, 0.6) is 0 Å². The van der Waals surface area contributed by atoms with E-state index in [-0.39, 0.29) is 11.0 Å². The van der Waals surface area contributed by atoms with Crippen molar-refractivity contribution in [1.29, 1.82) is 0 Å². The summed E-state index contributed by atoms with van der Waals surface area (Å²) >= 11 is 0. The third kappa shape index (κ3) is 1.43. The predicted molar refractivity (Wildman–Crippen MR) is 48.1 cm³/mol. The number of rotatable bonds is 2. The molecule has 3 N–H and O–H groups in total. The average Bonchev–Trinajstić information content (AvgIpc) is 2.31. The van der Waals surface area contributed by atoms with Crippen LogP contribution in [0.2, 0.25) is 0 Å². The zero-order valence-electron chi connectivity index (χ0n) is 7.72. The van der Waals surface area contributed by atoms with Crippen molar-refractivity contribution in [2.45, 2.75) is 19.3 Å². The molecule has 68 valence electrons. The fourth-order valence-corrected chi connectivity index (χ4v) is 1.23. The zero-order valence-corrected chi connectivity index (χ0v) is 7.72. The molecule has 0 saturated heterocycles. The molecular formula is C8H15N3O. The van der Waals surface area contributed by atoms with Crippen LogP contribution >= 0.6 is 0 Å². The first-order chi connectivity index (χ1) is 5.47. The molecule has 0 bridgehead atoms. The standard InChI is InChI=1S/C8H15N3O/c1-8(2,5-9)6-4-7(12)10-11(6)3/h4H,5,9H2,1-3H3,(H,10,12). The normalized spacial score (nSPS) is 12.0. The van der Waals surface area contributed by atoms with Crippen molar-refractivity contribution in [1.82, 2.24) is 9.78 Å². The highest BCUT2D eigenvalue weighted by molar-refractivity contribution is 5.13. The second-order valence-corrected chi connectivity index (χ2v) is 3.65. The van der Waals surface area contributed by atoms with E-state index in [9.17, 15) is 4.79 Å². The summed E-state index contributed by atoms with van der Waals surface area (Å²) in [6, 6.07) is 1.59. The van der Waals surface area contributed by atoms with Crippen molar-refractivity contribution in [2.75, 3.05) is 6.54 Å². The average molecular weight is 169 g/mol. The molecule has 0 fully saturated rings. The van der Waals surface area contributed by atoms with E-state index in [1.807, 2.05) is 20.9 Å². The lowest BCUT2D eigenvalue weighted by Crippen LogP contribution is -2.30. The molecule has 0 radical (unpaired) electrons. The highest BCUT2D eigenvalue weighted by Gasteiger charge is 2.22. The molecule has 1 aromatic heterocycles. The molecule has 0 aliphatic heterocycles. The Morgan fingerprint density at radius 1 is 1.67 bits per heavy atom. The van der Waals surface area contributed by atoms with Crippen LogP contribution in [0.15, 0.2) is 10.9 Å². The molecule has 4 nitrogen and oxygen atoms in total. The maximum atomic E-state index is 11.0. The van der Waals surface area contributed by atoms with E-state index in [0.717, 1.165) is 5.69 Å². The van der Waals surface area contributed by atoms with Gasteiger partial charge in [0, 0.05) is 30.8 Å². The van der Waals surface area contributed by atoms with Crippen molar-refractivity contribution in [3.8, 4) is 0 Å². The van der Waals surface area contributed by atoms with Gasteiger partial charge in [-0.25, -0.2) is 0 Å². The van der Waals surface area contributed by atoms with Crippen LogP contribution in [0.4, 0.5) is 0 Å². The Morgan fingerprint density at radius 2 is 2.25 bits per heavy atom. The van der Waals surface area contributed by atoms with E-state index in [4.69, 9.17) is 5.73 Å². The van der Waals surface area contributed by atoms with Gasteiger partial charge in [-0.1, -0.05) is 13.8 Å². The lowest BCUT2D eigenvalue weighted by molar-refractivity contribution is 0.487. The molecule has 0 amide bonds. The third-order valence-corrected chi connectivity index (χ3v) is 2.11. The van der Waals surface area contributed by atoms with Gasteiger partial charge in [0.1, 0.15) is 0 Å². The van der Waals surface area contributed by atoms with Crippen LogP contribution in [0.3, 0.4) is 0 Å². The van der Waals surface area contributed by atoms with Crippen molar-refractivity contribution < 1.29 is 0 Å². The smallest absolute Gasteiger partial charge is 0.264 e. The number of hydrogen-bond acceptors (Lipinski definition) is 2. The Bertz CT molecular complexity index is 321. The topological polar surface area (TPSA) is 63.8 Å². The lowest BCUT2D eigenvalue weighted by atomic mass is 9.89. The maximum Gasteiger partial charge on any atom is 0.264 e. The minimum absolute atomic E-state index is 0.0750. The van der Waals surface area contributed by atoms with E-state index in [2.05, 4.69) is 5.10 Å². The summed E-state index contributed by atoms with van der Waals surface area (Å²) in [4.78, 5) is 11.0. The van der Waals surface area contributed by atoms with Crippen molar-refractivity contribution in [3.05, 3.63) is 22.1 Å². The Labute approximate surface area is 71.4 Å². The summed E-state index contributed by atoms with van der Waals surface area (Å²) < 4.78 is 1.72. The van der Waals surface area contributed by atoms with Gasteiger partial charge in [0.05, 0.1) is 0 Å². The maximum absolute atomic E-state index is 11.0. The van der Waals surface area contributed by atoms with Gasteiger partial charge < -0.3 is 5.73 Å². The van der Waals surface area contributed by atoms with Crippen LogP contribution in [-0.2, 0) is 12.5 Å². The Balaban J connectivity index is 3.18. The van der Waals surface area contributed by atoms with Gasteiger partial charge in [-0.15, -0.1) is 0 Å². The van der Waals surface area contributed by atoms with Crippen LogP contribution in [0.1, 0.15) is 19.5 Å². The fraction of sp³-hybridized carbons (Fsp3) is 0.625. The zero-order chi connectivity index (χ0) is 9.35. The first-order valence-corrected chi connectivity index (χ1v) is 3.94. The number of nitrogens with zero attached hydrogens (tertiary/aromatic N) is 1. The van der Waals surface area contributed by atoms with Gasteiger partial charge in [-0.3, -0.25) is 14.6 Å². The van der Waals surface area contributed by atoms with Gasteiger partial charge in [0.15, 0.2) is 0 Å². The molecule has 0 spiro atoms. The van der Waals surface area contributed by atoms with Gasteiger partial charge >= 0.3 is 0 Å². The first-order valence-electron chi connectivity index (χ1n) is 3.94. The van der Waals surface area contributed by atoms with Crippen LogP contribution in [-0.4, -0.2) is 16.3 Å². The number of hydrogen-bond donors (Lipinski definition) is 2. The molecule has 1 rings (SSSR count). The minimum Gasteiger partial charge on any atom is -0.330 e. The number of H-pyrrole nitrogens is 1. The summed E-state index contributed by atoms with van der Waals surface area (Å²) in [5.41, 5.74) is 6.31. The van der Waals surface area contributed by atoms with Crippen LogP contribution in [0, 0.1) is 0 Å². The number of nitrogens with two attached hydrogens (primary N) is 1. The molecule has 12 heavy (non-hydrogen) atoms. The Morgan fingerprint density at radius 3 is 2.58 bits per heavy atom. The summed E-state index contributed by atoms with van der Waals surface area (Å²) in [5, 5.41) is 2.65. The van der Waals surface area contributed by atoms with E-state index in [1.165, 1.54) is 0 Å². The monoisotopic (exact) mass is 169 g/mol. The molecule has 1 aromatic rings. The number of aryl methyl sites for hydroxylation is 1. The lowest BCUT2D eigenvalue weighted by Gasteiger charge is -2.22. The molecule has 0 aromatic carbocycles. The minimum atomic E-state index is -0.145. The van der Waals surface area contributed by atoms with Gasteiger partial charge in [0.25, 0.3) is 5.56 Å². The van der Waals surface area contributed by atoms with Crippen LogP contribution in [0.25, 0.3) is 0 Å². The second-order valence-electron chi connectivity index (χ2n) is 3.65. The highest BCUT2D eigenvalue weighted by atomic mass is 16.1. The third-order valence-electron chi connectivity index (χ3n) is 2.11. The van der Waals surface area contributed by atoms with Crippen molar-refractivity contribution in [3.63, 3.8) is 0 Å². The van der Waals surface area contributed by atoms with E-state index < -0.39 is 0 Å². The molecule has 0 unspecified atom stereocenters. The van der Waals surface area contributed by atoms with Crippen LogP contribution < -0.4 is 11.3 Å². The van der Waals surface area contributed by atoms with E-state index in [1.54, 1.807) is 10.7 Å². The van der Waals surface area contributed by atoms with Gasteiger partial charge in [-0.05, 0) is 0 Å². The first kappa shape index (κ1) is 9.06. The Kier molecular flexibility index (Phi) is 2.10. The second kappa shape index (κ2) is 2.79. The summed E-state index contributed by atoms with van der Waals surface area (Å²) in [5.74, 6) is 0. The van der Waals surface area contributed by atoms with Gasteiger partial charge in [0.2, 0.25) is 0 Å². The highest BCUT2D eigenvalue weighted by Crippen LogP contribution is 2.18. The molecule has 0 aliphatic rings. The number of aromatic nitrogens is 2. The summed E-state index contributed by atoms with van der Waals surface area (Å²) in [6.45, 7) is 4.54. The van der Waals surface area contributed by atoms with Crippen molar-refractivity contribution >= 4 is 0 Å². The number of nitrogens with one attached hydrogen (secondary N) is 1. The molecule has 0 atom stereocenters. The number of aromatic amines is 1. The molecule has 1 heterocycles.